The first kappa shape index (κ1) is 11.1. The maximum atomic E-state index is 12.8. The fourth-order valence-corrected chi connectivity index (χ4v) is 1.16. The Morgan fingerprint density at radius 3 is 3.00 bits per heavy atom. The predicted molar refractivity (Wildman–Crippen MR) is 52.5 cm³/mol. The molecule has 0 fully saturated rings. The predicted octanol–water partition coefficient (Wildman–Crippen LogP) is 1.52. The Labute approximate surface area is 83.3 Å². The van der Waals surface area contributed by atoms with Crippen molar-refractivity contribution in [2.45, 2.75) is 13.0 Å². The molecule has 0 saturated carbocycles. The lowest BCUT2D eigenvalue weighted by Crippen LogP contribution is -2.23. The summed E-state index contributed by atoms with van der Waals surface area (Å²) in [6.07, 6.45) is 2.86. The largest absolute Gasteiger partial charge is 0.383 e. The van der Waals surface area contributed by atoms with Crippen molar-refractivity contribution in [3.63, 3.8) is 0 Å². The van der Waals surface area contributed by atoms with Crippen LogP contribution in [0.1, 0.15) is 18.5 Å². The summed E-state index contributed by atoms with van der Waals surface area (Å²) in [7, 11) is 1.65. The van der Waals surface area contributed by atoms with Gasteiger partial charge in [-0.3, -0.25) is 4.98 Å². The summed E-state index contributed by atoms with van der Waals surface area (Å²) >= 11 is 0. The molecule has 1 rings (SSSR count). The minimum Gasteiger partial charge on any atom is -0.383 e. The molecule has 1 unspecified atom stereocenters. The van der Waals surface area contributed by atoms with Crippen LogP contribution in [0.3, 0.4) is 0 Å². The second-order valence-corrected chi connectivity index (χ2v) is 3.11. The molecule has 4 heteroatoms. The van der Waals surface area contributed by atoms with Crippen molar-refractivity contribution < 1.29 is 9.13 Å². The monoisotopic (exact) mass is 198 g/mol. The van der Waals surface area contributed by atoms with E-state index in [1.807, 2.05) is 6.92 Å². The summed E-state index contributed by atoms with van der Waals surface area (Å²) in [6.45, 7) is 3.35. The molecular formula is C10H15FN2O. The fraction of sp³-hybridized carbons (Fsp3) is 0.500. The van der Waals surface area contributed by atoms with Gasteiger partial charge in [0, 0.05) is 25.9 Å². The van der Waals surface area contributed by atoms with Gasteiger partial charge in [-0.25, -0.2) is 4.39 Å². The zero-order valence-electron chi connectivity index (χ0n) is 8.46. The molecular weight excluding hydrogens is 183 g/mol. The van der Waals surface area contributed by atoms with E-state index in [1.165, 1.54) is 12.3 Å². The van der Waals surface area contributed by atoms with Crippen molar-refractivity contribution in [3.8, 4) is 0 Å². The highest BCUT2D eigenvalue weighted by molar-refractivity contribution is 5.13. The summed E-state index contributed by atoms with van der Waals surface area (Å²) in [5.41, 5.74) is 0.848. The van der Waals surface area contributed by atoms with Crippen molar-refractivity contribution in [2.24, 2.45) is 0 Å². The van der Waals surface area contributed by atoms with Gasteiger partial charge in [0.05, 0.1) is 12.8 Å². The second-order valence-electron chi connectivity index (χ2n) is 3.11. The highest BCUT2D eigenvalue weighted by Crippen LogP contribution is 2.11. The summed E-state index contributed by atoms with van der Waals surface area (Å²) in [5.74, 6) is -0.303. The van der Waals surface area contributed by atoms with Crippen molar-refractivity contribution >= 4 is 0 Å². The Hall–Kier alpha value is -1.00. The van der Waals surface area contributed by atoms with E-state index in [9.17, 15) is 4.39 Å². The number of methoxy groups -OCH3 is 1. The van der Waals surface area contributed by atoms with E-state index in [0.717, 1.165) is 12.1 Å². The van der Waals surface area contributed by atoms with E-state index < -0.39 is 0 Å². The van der Waals surface area contributed by atoms with Crippen molar-refractivity contribution in [2.75, 3.05) is 20.3 Å². The van der Waals surface area contributed by atoms with Crippen LogP contribution in [-0.4, -0.2) is 25.2 Å². The van der Waals surface area contributed by atoms with Crippen LogP contribution < -0.4 is 5.32 Å². The normalized spacial score (nSPS) is 12.8. The van der Waals surface area contributed by atoms with E-state index >= 15 is 0 Å². The van der Waals surface area contributed by atoms with Crippen LogP contribution in [0.2, 0.25) is 0 Å². The van der Waals surface area contributed by atoms with Crippen LogP contribution in [0.25, 0.3) is 0 Å². The topological polar surface area (TPSA) is 34.1 Å². The molecule has 1 aromatic rings. The molecule has 1 N–H and O–H groups in total. The van der Waals surface area contributed by atoms with E-state index in [1.54, 1.807) is 13.3 Å². The quantitative estimate of drug-likeness (QED) is 0.728. The molecule has 0 aromatic carbocycles. The third-order valence-corrected chi connectivity index (χ3v) is 1.98. The zero-order valence-corrected chi connectivity index (χ0v) is 8.46. The molecule has 0 bridgehead atoms. The minimum atomic E-state index is -0.303. The summed E-state index contributed by atoms with van der Waals surface area (Å²) in [5, 5.41) is 3.20. The molecule has 78 valence electrons. The molecule has 0 spiro atoms. The first-order valence-electron chi connectivity index (χ1n) is 4.57. The molecule has 0 saturated heterocycles. The number of hydrogen-bond donors (Lipinski definition) is 1. The molecule has 0 amide bonds. The summed E-state index contributed by atoms with van der Waals surface area (Å²) in [4.78, 5) is 3.79. The van der Waals surface area contributed by atoms with Crippen LogP contribution in [0.4, 0.5) is 4.39 Å². The molecule has 1 atom stereocenters. The van der Waals surface area contributed by atoms with E-state index in [-0.39, 0.29) is 11.9 Å². The Morgan fingerprint density at radius 1 is 1.57 bits per heavy atom. The van der Waals surface area contributed by atoms with Crippen molar-refractivity contribution in [1.82, 2.24) is 10.3 Å². The molecule has 14 heavy (non-hydrogen) atoms. The van der Waals surface area contributed by atoms with E-state index in [2.05, 4.69) is 10.3 Å². The van der Waals surface area contributed by atoms with E-state index in [4.69, 9.17) is 4.74 Å². The van der Waals surface area contributed by atoms with Gasteiger partial charge in [0.15, 0.2) is 0 Å². The molecule has 0 radical (unpaired) electrons. The average Bonchev–Trinajstić information content (AvgIpc) is 2.18. The third kappa shape index (κ3) is 3.40. The highest BCUT2D eigenvalue weighted by atomic mass is 19.1. The average molecular weight is 198 g/mol. The van der Waals surface area contributed by atoms with Crippen molar-refractivity contribution in [1.29, 1.82) is 0 Å². The Balaban J connectivity index is 2.47. The first-order chi connectivity index (χ1) is 6.74. The molecule has 0 aliphatic carbocycles. The van der Waals surface area contributed by atoms with Gasteiger partial charge in [-0.2, -0.15) is 0 Å². The number of pyridine rings is 1. The number of aromatic nitrogens is 1. The lowest BCUT2D eigenvalue weighted by atomic mass is 10.1. The van der Waals surface area contributed by atoms with Crippen LogP contribution in [0.5, 0.6) is 0 Å². The van der Waals surface area contributed by atoms with Crippen LogP contribution in [0, 0.1) is 5.82 Å². The number of rotatable bonds is 5. The van der Waals surface area contributed by atoms with Gasteiger partial charge >= 0.3 is 0 Å². The molecule has 3 nitrogen and oxygen atoms in total. The summed E-state index contributed by atoms with van der Waals surface area (Å²) < 4.78 is 17.7. The lowest BCUT2D eigenvalue weighted by molar-refractivity contribution is 0.196. The molecule has 1 aromatic heterocycles. The van der Waals surface area contributed by atoms with Gasteiger partial charge in [0.2, 0.25) is 0 Å². The summed E-state index contributed by atoms with van der Waals surface area (Å²) in [6, 6.07) is 1.57. The van der Waals surface area contributed by atoms with E-state index in [0.29, 0.717) is 6.61 Å². The lowest BCUT2D eigenvalue weighted by Gasteiger charge is -2.13. The maximum absolute atomic E-state index is 12.8. The van der Waals surface area contributed by atoms with Gasteiger partial charge < -0.3 is 10.1 Å². The highest BCUT2D eigenvalue weighted by Gasteiger charge is 2.05. The van der Waals surface area contributed by atoms with Crippen LogP contribution in [-0.2, 0) is 4.74 Å². The first-order valence-corrected chi connectivity index (χ1v) is 4.57. The van der Waals surface area contributed by atoms with Crippen molar-refractivity contribution in [3.05, 3.63) is 29.8 Å². The molecule has 0 aliphatic heterocycles. The molecule has 1 heterocycles. The SMILES string of the molecule is COCCNC(C)c1cncc(F)c1. The van der Waals surface area contributed by atoms with Crippen LogP contribution >= 0.6 is 0 Å². The van der Waals surface area contributed by atoms with Gasteiger partial charge in [0.1, 0.15) is 5.82 Å². The standard InChI is InChI=1S/C10H15FN2O/c1-8(13-3-4-14-2)9-5-10(11)7-12-6-9/h5-8,13H,3-4H2,1-2H3. The number of ether oxygens (including phenoxy) is 1. The Morgan fingerprint density at radius 2 is 2.36 bits per heavy atom. The van der Waals surface area contributed by atoms with Gasteiger partial charge in [-0.1, -0.05) is 0 Å². The van der Waals surface area contributed by atoms with Gasteiger partial charge in [0.25, 0.3) is 0 Å². The third-order valence-electron chi connectivity index (χ3n) is 1.98. The Bertz CT molecular complexity index is 281. The van der Waals surface area contributed by atoms with Gasteiger partial charge in [-0.15, -0.1) is 0 Å². The fourth-order valence-electron chi connectivity index (χ4n) is 1.16. The Kier molecular flexibility index (Phi) is 4.49. The number of halogens is 1. The molecule has 0 aliphatic rings. The number of nitrogens with one attached hydrogen (secondary N) is 1. The van der Waals surface area contributed by atoms with Gasteiger partial charge in [-0.05, 0) is 18.6 Å². The minimum absolute atomic E-state index is 0.0911. The zero-order chi connectivity index (χ0) is 10.4. The van der Waals surface area contributed by atoms with Crippen LogP contribution in [0.15, 0.2) is 18.5 Å². The second kappa shape index (κ2) is 5.67. The number of hydrogen-bond acceptors (Lipinski definition) is 3. The number of nitrogens with zero attached hydrogens (tertiary/aromatic N) is 1. The smallest absolute Gasteiger partial charge is 0.141 e. The maximum Gasteiger partial charge on any atom is 0.141 e.